The molecule has 16 heteroatoms. The molecular weight excluding hydrogens is 398 g/mol. The van der Waals surface area contributed by atoms with Gasteiger partial charge in [0, 0.05) is 6.92 Å². The van der Waals surface area contributed by atoms with Crippen molar-refractivity contribution in [1.82, 2.24) is 0 Å². The number of hydrogen-bond acceptors (Lipinski definition) is 2. The van der Waals surface area contributed by atoms with Crippen LogP contribution in [-0.4, -0.2) is 71.5 Å². The van der Waals surface area contributed by atoms with Crippen molar-refractivity contribution in [2.75, 3.05) is 0 Å². The van der Waals surface area contributed by atoms with Crippen LogP contribution in [0.2, 0.25) is 0 Å². The molecular formula is C8H4F13NaO2. The summed E-state index contributed by atoms with van der Waals surface area (Å²) in [5.74, 6) is -33.8. The van der Waals surface area contributed by atoms with Gasteiger partial charge in [0.15, 0.2) is 0 Å². The zero-order chi connectivity index (χ0) is 19.3. The topological polar surface area (TPSA) is 26.3 Å². The van der Waals surface area contributed by atoms with E-state index in [-0.39, 0.29) is 36.5 Å². The molecule has 0 unspecified atom stereocenters. The van der Waals surface area contributed by atoms with Crippen LogP contribution in [0, 0.1) is 0 Å². The zero-order valence-corrected chi connectivity index (χ0v) is 10.2. The molecule has 0 bridgehead atoms. The molecule has 0 aromatic heterocycles. The van der Waals surface area contributed by atoms with Crippen molar-refractivity contribution in [3.05, 3.63) is 0 Å². The van der Waals surface area contributed by atoms with E-state index in [1.54, 1.807) is 0 Å². The van der Waals surface area contributed by atoms with Crippen molar-refractivity contribution in [2.45, 2.75) is 42.9 Å². The molecule has 0 rings (SSSR count). The number of carbonyl (C=O) groups is 1. The molecule has 140 valence electrons. The Hall–Kier alpha value is -0.440. The molecule has 0 N–H and O–H groups in total. The number of alkyl halides is 13. The molecule has 0 aliphatic rings. The van der Waals surface area contributed by atoms with Gasteiger partial charge in [-0.2, -0.15) is 57.1 Å². The average Bonchev–Trinajstić information content (AvgIpc) is 2.24. The Morgan fingerprint density at radius 3 is 1.17 bits per heavy atom. The van der Waals surface area contributed by atoms with E-state index in [1.807, 2.05) is 0 Å². The molecule has 24 heavy (non-hydrogen) atoms. The zero-order valence-electron chi connectivity index (χ0n) is 10.2. The van der Waals surface area contributed by atoms with E-state index < -0.39 is 41.9 Å². The number of carbonyl (C=O) groups excluding carboxylic acids is 1. The summed E-state index contributed by atoms with van der Waals surface area (Å²) in [6, 6.07) is 0. The second-order valence-corrected chi connectivity index (χ2v) is 3.91. The van der Waals surface area contributed by atoms with E-state index in [1.165, 1.54) is 0 Å². The normalized spacial score (nSPS) is 14.9. The van der Waals surface area contributed by atoms with Gasteiger partial charge < -0.3 is 4.74 Å². The van der Waals surface area contributed by atoms with Gasteiger partial charge in [-0.05, 0) is 0 Å². The van der Waals surface area contributed by atoms with Gasteiger partial charge in [0.25, 0.3) is 0 Å². The van der Waals surface area contributed by atoms with Crippen LogP contribution in [-0.2, 0) is 9.53 Å². The first-order chi connectivity index (χ1) is 9.67. The van der Waals surface area contributed by atoms with E-state index in [2.05, 4.69) is 4.74 Å². The molecule has 0 heterocycles. The van der Waals surface area contributed by atoms with Crippen LogP contribution in [0.1, 0.15) is 6.92 Å². The van der Waals surface area contributed by atoms with Gasteiger partial charge in [-0.25, -0.2) is 0 Å². The second kappa shape index (κ2) is 6.70. The average molecular weight is 402 g/mol. The third-order valence-corrected chi connectivity index (χ3v) is 2.18. The third kappa shape index (κ3) is 3.71. The van der Waals surface area contributed by atoms with Crippen LogP contribution in [0.5, 0.6) is 0 Å². The number of halogens is 13. The second-order valence-electron chi connectivity index (χ2n) is 3.91. The van der Waals surface area contributed by atoms with E-state index in [0.717, 1.165) is 0 Å². The van der Waals surface area contributed by atoms with E-state index in [0.29, 0.717) is 0 Å². The molecule has 0 fully saturated rings. The summed E-state index contributed by atoms with van der Waals surface area (Å²) >= 11 is 0. The monoisotopic (exact) mass is 402 g/mol. The van der Waals surface area contributed by atoms with Gasteiger partial charge in [0.1, 0.15) is 0 Å². The molecule has 0 aliphatic heterocycles. The molecule has 0 aliphatic carbocycles. The first-order valence-corrected chi connectivity index (χ1v) is 4.82. The Balaban J connectivity index is 0. The summed E-state index contributed by atoms with van der Waals surface area (Å²) in [6.45, 7) is -0.0788. The van der Waals surface area contributed by atoms with Crippen molar-refractivity contribution in [1.29, 1.82) is 0 Å². The summed E-state index contributed by atoms with van der Waals surface area (Å²) in [5, 5.41) is 0. The molecule has 0 aromatic rings. The van der Waals surface area contributed by atoms with Crippen molar-refractivity contribution < 1.29 is 66.6 Å². The molecule has 0 atom stereocenters. The number of rotatable bonds is 5. The maximum atomic E-state index is 12.8. The molecule has 0 spiro atoms. The summed E-state index contributed by atoms with van der Waals surface area (Å²) in [5.41, 5.74) is 0. The quantitative estimate of drug-likeness (QED) is 0.399. The predicted molar refractivity (Wildman–Crippen MR) is 49.7 cm³/mol. The molecule has 2 nitrogen and oxygen atoms in total. The van der Waals surface area contributed by atoms with Gasteiger partial charge in [-0.1, -0.05) is 0 Å². The van der Waals surface area contributed by atoms with E-state index in [9.17, 15) is 61.9 Å². The van der Waals surface area contributed by atoms with E-state index in [4.69, 9.17) is 0 Å². The molecule has 0 aromatic carbocycles. The van der Waals surface area contributed by atoms with Crippen molar-refractivity contribution >= 4 is 35.5 Å². The number of ether oxygens (including phenoxy) is 1. The fraction of sp³-hybridized carbons (Fsp3) is 0.875. The van der Waals surface area contributed by atoms with Crippen LogP contribution < -0.4 is 0 Å². The molecule has 0 amide bonds. The van der Waals surface area contributed by atoms with Crippen LogP contribution in [0.3, 0.4) is 0 Å². The van der Waals surface area contributed by atoms with Gasteiger partial charge >= 0.3 is 71.5 Å². The Morgan fingerprint density at radius 1 is 0.625 bits per heavy atom. The first-order valence-electron chi connectivity index (χ1n) is 4.82. The van der Waals surface area contributed by atoms with Crippen molar-refractivity contribution in [3.8, 4) is 0 Å². The summed E-state index contributed by atoms with van der Waals surface area (Å²) in [7, 11) is 0. The van der Waals surface area contributed by atoms with Crippen LogP contribution in [0.25, 0.3) is 0 Å². The molecule has 0 saturated carbocycles. The van der Waals surface area contributed by atoms with E-state index >= 15 is 0 Å². The maximum absolute atomic E-state index is 12.8. The number of hydrogen-bond donors (Lipinski definition) is 0. The van der Waals surface area contributed by atoms with Crippen molar-refractivity contribution in [3.63, 3.8) is 0 Å². The SMILES string of the molecule is CC(=O)OC(F)(F)C(F)(F)C(F)(F)C(F)(F)C(F)(F)C(F)(F)F.[NaH]. The Labute approximate surface area is 145 Å². The summed E-state index contributed by atoms with van der Waals surface area (Å²) in [4.78, 5) is 10.0. The van der Waals surface area contributed by atoms with Gasteiger partial charge in [0.05, 0.1) is 0 Å². The Morgan fingerprint density at radius 2 is 0.917 bits per heavy atom. The standard InChI is InChI=1S/C8H3F13O2.Na.H/c1-2(22)23-8(20,21)6(15,16)4(11,12)3(9,10)5(13,14)7(17,18)19;;/h1H3;;. The Kier molecular flexibility index (Phi) is 7.20. The summed E-state index contributed by atoms with van der Waals surface area (Å²) in [6.07, 6.45) is -14.3. The first kappa shape index (κ1) is 25.8. The van der Waals surface area contributed by atoms with Gasteiger partial charge in [-0.3, -0.25) is 4.79 Å². The van der Waals surface area contributed by atoms with Crippen molar-refractivity contribution in [2.24, 2.45) is 0 Å². The minimum atomic E-state index is -8.01. The van der Waals surface area contributed by atoms with Gasteiger partial charge in [0.2, 0.25) is 0 Å². The van der Waals surface area contributed by atoms with Gasteiger partial charge in [-0.15, -0.1) is 0 Å². The molecule has 0 saturated heterocycles. The minimum absolute atomic E-state index is 0. The van der Waals surface area contributed by atoms with Crippen LogP contribution in [0.15, 0.2) is 0 Å². The fourth-order valence-electron chi connectivity index (χ4n) is 1.000. The van der Waals surface area contributed by atoms with Crippen LogP contribution in [0.4, 0.5) is 57.1 Å². The molecule has 0 radical (unpaired) electrons. The fourth-order valence-corrected chi connectivity index (χ4v) is 1.000. The third-order valence-electron chi connectivity index (χ3n) is 2.18. The van der Waals surface area contributed by atoms with Crippen LogP contribution >= 0.6 is 0 Å². The Bertz CT molecular complexity index is 469. The number of esters is 1. The summed E-state index contributed by atoms with van der Waals surface area (Å²) < 4.78 is 164. The predicted octanol–water partition coefficient (Wildman–Crippen LogP) is 3.60.